The van der Waals surface area contributed by atoms with Gasteiger partial charge in [0.2, 0.25) is 0 Å². The average molecular weight is 263 g/mol. The number of halogens is 1. The first-order valence-electron chi connectivity index (χ1n) is 5.23. The Morgan fingerprint density at radius 2 is 2.06 bits per heavy atom. The van der Waals surface area contributed by atoms with Crippen molar-refractivity contribution in [2.45, 2.75) is 6.92 Å². The number of carbonyl (C=O) groups is 1. The summed E-state index contributed by atoms with van der Waals surface area (Å²) in [6.45, 7) is 1.89. The Kier molecular flexibility index (Phi) is 3.43. The minimum Gasteiger partial charge on any atom is -0.382 e. The van der Waals surface area contributed by atoms with Crippen molar-refractivity contribution in [3.63, 3.8) is 0 Å². The standard InChI is InChI=1S/C12H11ClN4O/c1-7-2-3-8(6-9(7)13)15-12(18)10-4-5-11(14)17-16-10/h2-6H,1H3,(H2,14,17)(H,15,18). The van der Waals surface area contributed by atoms with Crippen LogP contribution in [-0.2, 0) is 0 Å². The number of aromatic nitrogens is 2. The number of aryl methyl sites for hydroxylation is 1. The second kappa shape index (κ2) is 5.01. The van der Waals surface area contributed by atoms with Crippen LogP contribution < -0.4 is 11.1 Å². The SMILES string of the molecule is Cc1ccc(NC(=O)c2ccc(N)nn2)cc1Cl. The van der Waals surface area contributed by atoms with Crippen LogP contribution in [0.4, 0.5) is 11.5 Å². The van der Waals surface area contributed by atoms with Gasteiger partial charge in [-0.05, 0) is 36.8 Å². The number of rotatable bonds is 2. The van der Waals surface area contributed by atoms with Crippen LogP contribution in [0.25, 0.3) is 0 Å². The Morgan fingerprint density at radius 1 is 1.28 bits per heavy atom. The number of hydrogen-bond donors (Lipinski definition) is 2. The fourth-order valence-corrected chi connectivity index (χ4v) is 1.51. The van der Waals surface area contributed by atoms with Gasteiger partial charge in [-0.1, -0.05) is 17.7 Å². The van der Waals surface area contributed by atoms with Crippen molar-refractivity contribution in [1.29, 1.82) is 0 Å². The maximum atomic E-state index is 11.8. The number of carbonyl (C=O) groups excluding carboxylic acids is 1. The highest BCUT2D eigenvalue weighted by molar-refractivity contribution is 6.31. The number of nitrogens with two attached hydrogens (primary N) is 1. The molecule has 92 valence electrons. The van der Waals surface area contributed by atoms with E-state index in [1.807, 2.05) is 13.0 Å². The number of nitrogens with zero attached hydrogens (tertiary/aromatic N) is 2. The minimum absolute atomic E-state index is 0.195. The van der Waals surface area contributed by atoms with E-state index in [4.69, 9.17) is 17.3 Å². The molecule has 0 aliphatic heterocycles. The van der Waals surface area contributed by atoms with E-state index in [1.54, 1.807) is 12.1 Å². The van der Waals surface area contributed by atoms with Gasteiger partial charge < -0.3 is 11.1 Å². The molecule has 0 aliphatic carbocycles. The maximum absolute atomic E-state index is 11.8. The molecule has 1 heterocycles. The molecule has 0 bridgehead atoms. The third kappa shape index (κ3) is 2.75. The highest BCUT2D eigenvalue weighted by atomic mass is 35.5. The third-order valence-electron chi connectivity index (χ3n) is 2.35. The van der Waals surface area contributed by atoms with E-state index in [-0.39, 0.29) is 17.4 Å². The molecule has 1 aromatic heterocycles. The average Bonchev–Trinajstić information content (AvgIpc) is 2.34. The molecule has 0 atom stereocenters. The van der Waals surface area contributed by atoms with E-state index in [0.29, 0.717) is 10.7 Å². The van der Waals surface area contributed by atoms with E-state index in [9.17, 15) is 4.79 Å². The molecule has 2 rings (SSSR count). The largest absolute Gasteiger partial charge is 0.382 e. The molecule has 0 saturated carbocycles. The van der Waals surface area contributed by atoms with E-state index in [2.05, 4.69) is 15.5 Å². The number of anilines is 2. The Labute approximate surface area is 109 Å². The Morgan fingerprint density at radius 3 is 2.67 bits per heavy atom. The zero-order valence-electron chi connectivity index (χ0n) is 9.64. The van der Waals surface area contributed by atoms with Gasteiger partial charge in [0, 0.05) is 10.7 Å². The topological polar surface area (TPSA) is 80.9 Å². The summed E-state index contributed by atoms with van der Waals surface area (Å²) in [7, 11) is 0. The molecule has 1 aromatic carbocycles. The monoisotopic (exact) mass is 262 g/mol. The van der Waals surface area contributed by atoms with Crippen molar-refractivity contribution >= 4 is 29.0 Å². The highest BCUT2D eigenvalue weighted by Gasteiger charge is 2.08. The summed E-state index contributed by atoms with van der Waals surface area (Å²) in [6, 6.07) is 8.30. The first-order valence-corrected chi connectivity index (χ1v) is 5.61. The molecule has 0 fully saturated rings. The minimum atomic E-state index is -0.359. The van der Waals surface area contributed by atoms with Gasteiger partial charge in [0.15, 0.2) is 5.69 Å². The fourth-order valence-electron chi connectivity index (χ4n) is 1.33. The first-order chi connectivity index (χ1) is 8.56. The van der Waals surface area contributed by atoms with Crippen LogP contribution in [0.3, 0.4) is 0 Å². The molecule has 5 nitrogen and oxygen atoms in total. The summed E-state index contributed by atoms with van der Waals surface area (Å²) < 4.78 is 0. The van der Waals surface area contributed by atoms with Crippen LogP contribution >= 0.6 is 11.6 Å². The van der Waals surface area contributed by atoms with E-state index >= 15 is 0 Å². The zero-order chi connectivity index (χ0) is 13.1. The number of benzene rings is 1. The molecule has 6 heteroatoms. The molecule has 2 aromatic rings. The normalized spacial score (nSPS) is 10.1. The third-order valence-corrected chi connectivity index (χ3v) is 2.75. The molecule has 18 heavy (non-hydrogen) atoms. The quantitative estimate of drug-likeness (QED) is 0.870. The van der Waals surface area contributed by atoms with Gasteiger partial charge in [-0.2, -0.15) is 0 Å². The van der Waals surface area contributed by atoms with Crippen LogP contribution in [0.15, 0.2) is 30.3 Å². The summed E-state index contributed by atoms with van der Waals surface area (Å²) in [5, 5.41) is 10.6. The lowest BCUT2D eigenvalue weighted by atomic mass is 10.2. The fraction of sp³-hybridized carbons (Fsp3) is 0.0833. The van der Waals surface area contributed by atoms with Crippen molar-refractivity contribution in [3.8, 4) is 0 Å². The van der Waals surface area contributed by atoms with Gasteiger partial charge in [0.25, 0.3) is 5.91 Å². The van der Waals surface area contributed by atoms with Crippen molar-refractivity contribution in [2.24, 2.45) is 0 Å². The molecule has 3 N–H and O–H groups in total. The van der Waals surface area contributed by atoms with Crippen LogP contribution in [0.2, 0.25) is 5.02 Å². The molecule has 0 spiro atoms. The smallest absolute Gasteiger partial charge is 0.276 e. The van der Waals surface area contributed by atoms with Gasteiger partial charge in [-0.25, -0.2) is 0 Å². The second-order valence-electron chi connectivity index (χ2n) is 3.76. The Bertz CT molecular complexity index is 583. The molecular weight excluding hydrogens is 252 g/mol. The van der Waals surface area contributed by atoms with Crippen LogP contribution in [0.1, 0.15) is 16.1 Å². The van der Waals surface area contributed by atoms with Crippen molar-refractivity contribution < 1.29 is 4.79 Å². The molecular formula is C12H11ClN4O. The van der Waals surface area contributed by atoms with Gasteiger partial charge in [0.05, 0.1) is 0 Å². The Hall–Kier alpha value is -2.14. The molecule has 1 amide bonds. The highest BCUT2D eigenvalue weighted by Crippen LogP contribution is 2.20. The predicted octanol–water partition coefficient (Wildman–Crippen LogP) is 2.27. The van der Waals surface area contributed by atoms with Crippen LogP contribution in [0.5, 0.6) is 0 Å². The first kappa shape index (κ1) is 12.3. The maximum Gasteiger partial charge on any atom is 0.276 e. The van der Waals surface area contributed by atoms with E-state index < -0.39 is 0 Å². The van der Waals surface area contributed by atoms with Gasteiger partial charge >= 0.3 is 0 Å². The van der Waals surface area contributed by atoms with Crippen LogP contribution in [-0.4, -0.2) is 16.1 Å². The number of hydrogen-bond acceptors (Lipinski definition) is 4. The van der Waals surface area contributed by atoms with E-state index in [1.165, 1.54) is 12.1 Å². The molecule has 0 unspecified atom stereocenters. The zero-order valence-corrected chi connectivity index (χ0v) is 10.4. The molecule has 0 saturated heterocycles. The summed E-state index contributed by atoms with van der Waals surface area (Å²) >= 11 is 5.97. The summed E-state index contributed by atoms with van der Waals surface area (Å²) in [6.07, 6.45) is 0. The number of amides is 1. The van der Waals surface area contributed by atoms with Crippen molar-refractivity contribution in [1.82, 2.24) is 10.2 Å². The number of nitrogen functional groups attached to an aromatic ring is 1. The summed E-state index contributed by atoms with van der Waals surface area (Å²) in [4.78, 5) is 11.8. The second-order valence-corrected chi connectivity index (χ2v) is 4.17. The lowest BCUT2D eigenvalue weighted by Crippen LogP contribution is -2.14. The lowest BCUT2D eigenvalue weighted by molar-refractivity contribution is 0.102. The van der Waals surface area contributed by atoms with Gasteiger partial charge in [-0.3, -0.25) is 4.79 Å². The number of nitrogens with one attached hydrogen (secondary N) is 1. The summed E-state index contributed by atoms with van der Waals surface area (Å²) in [5.74, 6) is -0.0904. The van der Waals surface area contributed by atoms with Gasteiger partial charge in [0.1, 0.15) is 5.82 Å². The molecule has 0 aliphatic rings. The summed E-state index contributed by atoms with van der Waals surface area (Å²) in [5.41, 5.74) is 7.14. The van der Waals surface area contributed by atoms with E-state index in [0.717, 1.165) is 5.56 Å². The Balaban J connectivity index is 2.16. The lowest BCUT2D eigenvalue weighted by Gasteiger charge is -2.06. The van der Waals surface area contributed by atoms with Crippen molar-refractivity contribution in [2.75, 3.05) is 11.1 Å². The van der Waals surface area contributed by atoms with Crippen molar-refractivity contribution in [3.05, 3.63) is 46.6 Å². The predicted molar refractivity (Wildman–Crippen MR) is 70.6 cm³/mol. The van der Waals surface area contributed by atoms with Gasteiger partial charge in [-0.15, -0.1) is 10.2 Å². The molecule has 0 radical (unpaired) electrons. The van der Waals surface area contributed by atoms with Crippen LogP contribution in [0, 0.1) is 6.92 Å².